The quantitative estimate of drug-likeness (QED) is 0.849. The molecule has 0 unspecified atom stereocenters. The number of hydrogen-bond donors (Lipinski definition) is 1. The third-order valence-electron chi connectivity index (χ3n) is 3.08. The molecule has 1 aromatic carbocycles. The minimum atomic E-state index is -0.577. The molecular weight excluding hydrogens is 339 g/mol. The van der Waals surface area contributed by atoms with Crippen LogP contribution in [-0.2, 0) is 9.53 Å². The van der Waals surface area contributed by atoms with Crippen LogP contribution in [0.2, 0.25) is 10.0 Å². The van der Waals surface area contributed by atoms with Gasteiger partial charge in [0.2, 0.25) is 0 Å². The number of nitrogens with one attached hydrogen (secondary N) is 1. The number of pyridine rings is 1. The van der Waals surface area contributed by atoms with Gasteiger partial charge in [0.05, 0.1) is 15.6 Å². The number of benzene rings is 1. The molecule has 0 atom stereocenters. The molecule has 7 heteroatoms. The van der Waals surface area contributed by atoms with E-state index in [0.29, 0.717) is 16.1 Å². The van der Waals surface area contributed by atoms with Gasteiger partial charge in [-0.15, -0.1) is 0 Å². The predicted octanol–water partition coefficient (Wildman–Crippen LogP) is 3.80. The van der Waals surface area contributed by atoms with Crippen molar-refractivity contribution in [3.63, 3.8) is 0 Å². The summed E-state index contributed by atoms with van der Waals surface area (Å²) < 4.78 is 4.95. The Labute approximate surface area is 143 Å². The molecule has 1 heterocycles. The fourth-order valence-electron chi connectivity index (χ4n) is 1.72. The molecular formula is C16H14Cl2N2O3. The fraction of sp³-hybridized carbons (Fsp3) is 0.188. The molecule has 1 aromatic heterocycles. The Kier molecular flexibility index (Phi) is 5.58. The van der Waals surface area contributed by atoms with Crippen molar-refractivity contribution < 1.29 is 14.3 Å². The lowest BCUT2D eigenvalue weighted by atomic mass is 10.1. The molecule has 1 amide bonds. The van der Waals surface area contributed by atoms with Gasteiger partial charge in [-0.2, -0.15) is 0 Å². The van der Waals surface area contributed by atoms with E-state index in [-0.39, 0.29) is 10.8 Å². The van der Waals surface area contributed by atoms with Crippen molar-refractivity contribution in [3.8, 4) is 0 Å². The summed E-state index contributed by atoms with van der Waals surface area (Å²) in [5, 5.41) is 3.12. The molecule has 2 rings (SSSR count). The molecule has 0 radical (unpaired) electrons. The first-order chi connectivity index (χ1) is 10.9. The summed E-state index contributed by atoms with van der Waals surface area (Å²) in [6.07, 6.45) is 1.39. The van der Waals surface area contributed by atoms with Crippen LogP contribution in [0.1, 0.15) is 21.5 Å². The maximum Gasteiger partial charge on any atom is 0.338 e. The highest BCUT2D eigenvalue weighted by molar-refractivity contribution is 6.37. The summed E-state index contributed by atoms with van der Waals surface area (Å²) in [5.74, 6) is -0.946. The maximum absolute atomic E-state index is 11.8. The van der Waals surface area contributed by atoms with Gasteiger partial charge in [-0.05, 0) is 31.5 Å². The van der Waals surface area contributed by atoms with Gasteiger partial charge in [-0.25, -0.2) is 9.78 Å². The largest absolute Gasteiger partial charge is 0.452 e. The molecule has 2 aromatic rings. The third kappa shape index (κ3) is 4.43. The van der Waals surface area contributed by atoms with Crippen LogP contribution in [0.4, 0.5) is 5.82 Å². The second-order valence-electron chi connectivity index (χ2n) is 4.88. The zero-order chi connectivity index (χ0) is 17.0. The number of carbonyl (C=O) groups excluding carboxylic acids is 2. The van der Waals surface area contributed by atoms with Crippen LogP contribution < -0.4 is 5.32 Å². The molecule has 0 aliphatic carbocycles. The van der Waals surface area contributed by atoms with E-state index in [1.165, 1.54) is 6.20 Å². The zero-order valence-electron chi connectivity index (χ0n) is 12.5. The highest BCUT2D eigenvalue weighted by Crippen LogP contribution is 2.28. The van der Waals surface area contributed by atoms with Crippen LogP contribution in [-0.4, -0.2) is 23.5 Å². The summed E-state index contributed by atoms with van der Waals surface area (Å²) >= 11 is 11.9. The number of anilines is 1. The number of nitrogens with zero attached hydrogens (tertiary/aromatic N) is 1. The van der Waals surface area contributed by atoms with Crippen molar-refractivity contribution in [3.05, 3.63) is 57.2 Å². The standard InChI is InChI=1S/C16H14Cl2N2O3/c1-9-3-5-11(6-4-9)16(22)23-8-13(21)20-15-14(18)10(2)12(17)7-19-15/h3-7H,8H2,1-2H3,(H,19,20,21). The Morgan fingerprint density at radius 1 is 1.17 bits per heavy atom. The monoisotopic (exact) mass is 352 g/mol. The Hall–Kier alpha value is -2.11. The topological polar surface area (TPSA) is 68.3 Å². The van der Waals surface area contributed by atoms with Gasteiger partial charge < -0.3 is 10.1 Å². The van der Waals surface area contributed by atoms with Crippen molar-refractivity contribution in [1.29, 1.82) is 0 Å². The highest BCUT2D eigenvalue weighted by Gasteiger charge is 2.14. The minimum Gasteiger partial charge on any atom is -0.452 e. The molecule has 23 heavy (non-hydrogen) atoms. The summed E-state index contributed by atoms with van der Waals surface area (Å²) in [6, 6.07) is 6.85. The summed E-state index contributed by atoms with van der Waals surface area (Å²) in [6.45, 7) is 3.18. The third-order valence-corrected chi connectivity index (χ3v) is 3.93. The van der Waals surface area contributed by atoms with Crippen LogP contribution in [0.25, 0.3) is 0 Å². The van der Waals surface area contributed by atoms with E-state index in [2.05, 4.69) is 10.3 Å². The highest BCUT2D eigenvalue weighted by atomic mass is 35.5. The number of hydrogen-bond acceptors (Lipinski definition) is 4. The van der Waals surface area contributed by atoms with Crippen LogP contribution in [0.3, 0.4) is 0 Å². The molecule has 1 N–H and O–H groups in total. The molecule has 0 spiro atoms. The lowest BCUT2D eigenvalue weighted by Gasteiger charge is -2.09. The van der Waals surface area contributed by atoms with Gasteiger partial charge in [0.25, 0.3) is 5.91 Å². The van der Waals surface area contributed by atoms with Gasteiger partial charge in [0.15, 0.2) is 12.4 Å². The first kappa shape index (κ1) is 17.2. The van der Waals surface area contributed by atoms with E-state index in [4.69, 9.17) is 27.9 Å². The Bertz CT molecular complexity index is 746. The molecule has 0 aliphatic rings. The van der Waals surface area contributed by atoms with Crippen LogP contribution in [0, 0.1) is 13.8 Å². The van der Waals surface area contributed by atoms with E-state index in [1.807, 2.05) is 6.92 Å². The first-order valence-electron chi connectivity index (χ1n) is 6.72. The lowest BCUT2D eigenvalue weighted by molar-refractivity contribution is -0.119. The van der Waals surface area contributed by atoms with Crippen molar-refractivity contribution in [1.82, 2.24) is 4.98 Å². The number of aryl methyl sites for hydroxylation is 1. The molecule has 5 nitrogen and oxygen atoms in total. The van der Waals surface area contributed by atoms with Gasteiger partial charge in [0.1, 0.15) is 0 Å². The van der Waals surface area contributed by atoms with Gasteiger partial charge in [-0.1, -0.05) is 40.9 Å². The number of rotatable bonds is 4. The average Bonchev–Trinajstić information content (AvgIpc) is 2.54. The summed E-state index contributed by atoms with van der Waals surface area (Å²) in [4.78, 5) is 27.6. The molecule has 0 saturated carbocycles. The van der Waals surface area contributed by atoms with Crippen molar-refractivity contribution in [2.45, 2.75) is 13.8 Å². The summed E-state index contributed by atoms with van der Waals surface area (Å²) in [5.41, 5.74) is 2.01. The Morgan fingerprint density at radius 3 is 2.48 bits per heavy atom. The van der Waals surface area contributed by atoms with Crippen LogP contribution >= 0.6 is 23.2 Å². The number of aromatic nitrogens is 1. The van der Waals surface area contributed by atoms with E-state index < -0.39 is 18.5 Å². The Balaban J connectivity index is 1.94. The van der Waals surface area contributed by atoms with E-state index >= 15 is 0 Å². The maximum atomic E-state index is 11.8. The minimum absolute atomic E-state index is 0.171. The second kappa shape index (κ2) is 7.44. The van der Waals surface area contributed by atoms with Crippen molar-refractivity contribution in [2.24, 2.45) is 0 Å². The van der Waals surface area contributed by atoms with Crippen molar-refractivity contribution in [2.75, 3.05) is 11.9 Å². The van der Waals surface area contributed by atoms with Crippen LogP contribution in [0.5, 0.6) is 0 Å². The zero-order valence-corrected chi connectivity index (χ0v) is 14.0. The number of halogens is 2. The molecule has 0 fully saturated rings. The molecule has 0 bridgehead atoms. The van der Waals surface area contributed by atoms with Crippen molar-refractivity contribution >= 4 is 40.9 Å². The molecule has 0 aliphatic heterocycles. The predicted molar refractivity (Wildman–Crippen MR) is 89.1 cm³/mol. The lowest BCUT2D eigenvalue weighted by Crippen LogP contribution is -2.21. The number of carbonyl (C=O) groups is 2. The smallest absolute Gasteiger partial charge is 0.338 e. The average molecular weight is 353 g/mol. The molecule has 0 saturated heterocycles. The van der Waals surface area contributed by atoms with E-state index in [0.717, 1.165) is 5.56 Å². The number of ether oxygens (including phenoxy) is 1. The number of esters is 1. The van der Waals surface area contributed by atoms with Gasteiger partial charge in [-0.3, -0.25) is 4.79 Å². The SMILES string of the molecule is Cc1ccc(C(=O)OCC(=O)Nc2ncc(Cl)c(C)c2Cl)cc1. The van der Waals surface area contributed by atoms with E-state index in [1.54, 1.807) is 31.2 Å². The fourth-order valence-corrected chi connectivity index (χ4v) is 2.11. The Morgan fingerprint density at radius 2 is 1.83 bits per heavy atom. The van der Waals surface area contributed by atoms with E-state index in [9.17, 15) is 9.59 Å². The molecule has 120 valence electrons. The second-order valence-corrected chi connectivity index (χ2v) is 5.67. The summed E-state index contributed by atoms with van der Waals surface area (Å²) in [7, 11) is 0. The van der Waals surface area contributed by atoms with Gasteiger partial charge >= 0.3 is 5.97 Å². The van der Waals surface area contributed by atoms with Crippen LogP contribution in [0.15, 0.2) is 30.5 Å². The first-order valence-corrected chi connectivity index (χ1v) is 7.48. The number of amides is 1. The van der Waals surface area contributed by atoms with Gasteiger partial charge in [0, 0.05) is 6.20 Å². The normalized spacial score (nSPS) is 10.3.